The average molecular weight is 182 g/mol. The van der Waals surface area contributed by atoms with Crippen LogP contribution in [-0.4, -0.2) is 17.7 Å². The maximum Gasteiger partial charge on any atom is 0.371 e. The second-order valence-corrected chi connectivity index (χ2v) is 3.01. The van der Waals surface area contributed by atoms with Gasteiger partial charge in [0, 0.05) is 6.61 Å². The lowest BCUT2D eigenvalue weighted by Gasteiger charge is -2.03. The molecule has 1 saturated heterocycles. The van der Waals surface area contributed by atoms with E-state index >= 15 is 0 Å². The lowest BCUT2D eigenvalue weighted by Crippen LogP contribution is -1.95. The van der Waals surface area contributed by atoms with E-state index in [0.29, 0.717) is 5.76 Å². The Bertz CT molecular complexity index is 309. The molecule has 13 heavy (non-hydrogen) atoms. The van der Waals surface area contributed by atoms with Crippen molar-refractivity contribution in [1.29, 1.82) is 0 Å². The Hall–Kier alpha value is -1.29. The van der Waals surface area contributed by atoms with Gasteiger partial charge in [-0.25, -0.2) is 4.79 Å². The highest BCUT2D eigenvalue weighted by Gasteiger charge is 2.22. The third-order valence-corrected chi connectivity index (χ3v) is 2.08. The largest absolute Gasteiger partial charge is 0.475 e. The van der Waals surface area contributed by atoms with Gasteiger partial charge in [0.15, 0.2) is 0 Å². The summed E-state index contributed by atoms with van der Waals surface area (Å²) in [5, 5.41) is 8.61. The third-order valence-electron chi connectivity index (χ3n) is 2.08. The van der Waals surface area contributed by atoms with Crippen LogP contribution in [0.1, 0.15) is 35.3 Å². The number of hydrogen-bond donors (Lipinski definition) is 1. The summed E-state index contributed by atoms with van der Waals surface area (Å²) in [4.78, 5) is 10.5. The van der Waals surface area contributed by atoms with Crippen LogP contribution in [0.2, 0.25) is 0 Å². The van der Waals surface area contributed by atoms with Gasteiger partial charge in [0.1, 0.15) is 11.9 Å². The molecule has 0 bridgehead atoms. The molecule has 0 aromatic carbocycles. The molecule has 0 amide bonds. The number of aromatic carboxylic acids is 1. The number of carbonyl (C=O) groups is 1. The summed E-state index contributed by atoms with van der Waals surface area (Å²) in [5.41, 5.74) is 0. The minimum absolute atomic E-state index is 0.0227. The summed E-state index contributed by atoms with van der Waals surface area (Å²) in [7, 11) is 0. The van der Waals surface area contributed by atoms with Crippen molar-refractivity contribution in [3.05, 3.63) is 23.7 Å². The lowest BCUT2D eigenvalue weighted by atomic mass is 10.2. The number of rotatable bonds is 2. The lowest BCUT2D eigenvalue weighted by molar-refractivity contribution is 0.0637. The van der Waals surface area contributed by atoms with E-state index in [9.17, 15) is 4.79 Å². The molecule has 2 heterocycles. The van der Waals surface area contributed by atoms with Gasteiger partial charge in [-0.3, -0.25) is 0 Å². The smallest absolute Gasteiger partial charge is 0.371 e. The van der Waals surface area contributed by atoms with E-state index in [2.05, 4.69) is 0 Å². The number of ether oxygens (including phenoxy) is 1. The Kier molecular flexibility index (Phi) is 2.06. The normalized spacial score (nSPS) is 22.0. The number of carboxylic acid groups (broad SMARTS) is 1. The molecule has 1 unspecified atom stereocenters. The van der Waals surface area contributed by atoms with Crippen LogP contribution < -0.4 is 0 Å². The molecule has 0 radical (unpaired) electrons. The van der Waals surface area contributed by atoms with E-state index in [0.717, 1.165) is 19.4 Å². The minimum Gasteiger partial charge on any atom is -0.475 e. The molecule has 0 spiro atoms. The third kappa shape index (κ3) is 1.58. The standard InChI is InChI=1S/C9H10O4/c10-9(11)8-4-3-7(13-8)6-2-1-5-12-6/h3-4,6H,1-2,5H2,(H,10,11). The van der Waals surface area contributed by atoms with Gasteiger partial charge in [-0.15, -0.1) is 0 Å². The molecular formula is C9H10O4. The second-order valence-electron chi connectivity index (χ2n) is 3.01. The molecule has 4 nitrogen and oxygen atoms in total. The Labute approximate surface area is 75.1 Å². The van der Waals surface area contributed by atoms with E-state index in [4.69, 9.17) is 14.3 Å². The van der Waals surface area contributed by atoms with Crippen molar-refractivity contribution in [2.45, 2.75) is 18.9 Å². The highest BCUT2D eigenvalue weighted by Crippen LogP contribution is 2.29. The van der Waals surface area contributed by atoms with Gasteiger partial charge in [0.05, 0.1) is 0 Å². The van der Waals surface area contributed by atoms with Gasteiger partial charge in [-0.2, -0.15) is 0 Å². The highest BCUT2D eigenvalue weighted by molar-refractivity contribution is 5.84. The molecule has 1 N–H and O–H groups in total. The van der Waals surface area contributed by atoms with Crippen LogP contribution in [0, 0.1) is 0 Å². The van der Waals surface area contributed by atoms with Crippen molar-refractivity contribution in [1.82, 2.24) is 0 Å². The predicted molar refractivity (Wildman–Crippen MR) is 43.6 cm³/mol. The van der Waals surface area contributed by atoms with Gasteiger partial charge in [-0.05, 0) is 25.0 Å². The average Bonchev–Trinajstić information content (AvgIpc) is 2.75. The van der Waals surface area contributed by atoms with Crippen molar-refractivity contribution >= 4 is 5.97 Å². The topological polar surface area (TPSA) is 59.7 Å². The monoisotopic (exact) mass is 182 g/mol. The van der Waals surface area contributed by atoms with Crippen molar-refractivity contribution in [2.75, 3.05) is 6.61 Å². The molecule has 70 valence electrons. The summed E-state index contributed by atoms with van der Waals surface area (Å²) < 4.78 is 10.4. The highest BCUT2D eigenvalue weighted by atomic mass is 16.5. The van der Waals surface area contributed by atoms with Gasteiger partial charge < -0.3 is 14.3 Å². The quantitative estimate of drug-likeness (QED) is 0.757. The van der Waals surface area contributed by atoms with Crippen molar-refractivity contribution in [2.24, 2.45) is 0 Å². The van der Waals surface area contributed by atoms with Crippen LogP contribution in [-0.2, 0) is 4.74 Å². The van der Waals surface area contributed by atoms with E-state index in [1.165, 1.54) is 6.07 Å². The van der Waals surface area contributed by atoms with E-state index in [1.807, 2.05) is 0 Å². The zero-order valence-corrected chi connectivity index (χ0v) is 7.03. The summed E-state index contributed by atoms with van der Waals surface area (Å²) in [6.07, 6.45) is 1.87. The number of carboxylic acids is 1. The summed E-state index contributed by atoms with van der Waals surface area (Å²) in [5.74, 6) is -0.440. The zero-order valence-electron chi connectivity index (χ0n) is 7.03. The van der Waals surface area contributed by atoms with Crippen molar-refractivity contribution in [3.8, 4) is 0 Å². The first-order valence-electron chi connectivity index (χ1n) is 4.22. The fraction of sp³-hybridized carbons (Fsp3) is 0.444. The van der Waals surface area contributed by atoms with Crippen LogP contribution in [0.5, 0.6) is 0 Å². The van der Waals surface area contributed by atoms with E-state index in [-0.39, 0.29) is 11.9 Å². The first-order chi connectivity index (χ1) is 6.27. The number of furan rings is 1. The molecule has 0 saturated carbocycles. The minimum atomic E-state index is -1.04. The molecule has 1 atom stereocenters. The molecule has 0 aliphatic carbocycles. The van der Waals surface area contributed by atoms with Crippen molar-refractivity contribution < 1.29 is 19.1 Å². The summed E-state index contributed by atoms with van der Waals surface area (Å²) >= 11 is 0. The van der Waals surface area contributed by atoms with Crippen LogP contribution in [0.15, 0.2) is 16.5 Å². The Balaban J connectivity index is 2.16. The van der Waals surface area contributed by atoms with Gasteiger partial charge >= 0.3 is 5.97 Å². The first kappa shape index (κ1) is 8.31. The molecular weight excluding hydrogens is 172 g/mol. The summed E-state index contributed by atoms with van der Waals surface area (Å²) in [6, 6.07) is 3.12. The maximum atomic E-state index is 10.5. The van der Waals surface area contributed by atoms with Crippen LogP contribution in [0.4, 0.5) is 0 Å². The Morgan fingerprint density at radius 1 is 1.54 bits per heavy atom. The molecule has 1 aliphatic heterocycles. The van der Waals surface area contributed by atoms with Crippen LogP contribution in [0.25, 0.3) is 0 Å². The van der Waals surface area contributed by atoms with Crippen LogP contribution in [0.3, 0.4) is 0 Å². The zero-order chi connectivity index (χ0) is 9.26. The first-order valence-corrected chi connectivity index (χ1v) is 4.22. The Morgan fingerprint density at radius 3 is 2.92 bits per heavy atom. The van der Waals surface area contributed by atoms with Crippen LogP contribution >= 0.6 is 0 Å². The SMILES string of the molecule is O=C(O)c1ccc(C2CCCO2)o1. The number of hydrogen-bond acceptors (Lipinski definition) is 3. The maximum absolute atomic E-state index is 10.5. The summed E-state index contributed by atoms with van der Waals surface area (Å²) in [6.45, 7) is 0.730. The fourth-order valence-electron chi connectivity index (χ4n) is 1.44. The predicted octanol–water partition coefficient (Wildman–Crippen LogP) is 1.83. The molecule has 4 heteroatoms. The molecule has 1 aromatic heterocycles. The second kappa shape index (κ2) is 3.22. The fourth-order valence-corrected chi connectivity index (χ4v) is 1.44. The molecule has 1 aliphatic rings. The van der Waals surface area contributed by atoms with Gasteiger partial charge in [0.2, 0.25) is 5.76 Å². The van der Waals surface area contributed by atoms with Gasteiger partial charge in [0.25, 0.3) is 0 Å². The molecule has 1 aromatic rings. The molecule has 2 rings (SSSR count). The van der Waals surface area contributed by atoms with E-state index < -0.39 is 5.97 Å². The van der Waals surface area contributed by atoms with E-state index in [1.54, 1.807) is 6.07 Å². The van der Waals surface area contributed by atoms with Gasteiger partial charge in [-0.1, -0.05) is 0 Å². The van der Waals surface area contributed by atoms with Crippen molar-refractivity contribution in [3.63, 3.8) is 0 Å². The Morgan fingerprint density at radius 2 is 2.38 bits per heavy atom. The molecule has 1 fully saturated rings.